The molecule has 1 heterocycles. The van der Waals surface area contributed by atoms with Gasteiger partial charge in [0.15, 0.2) is 5.17 Å². The van der Waals surface area contributed by atoms with Gasteiger partial charge >= 0.3 is 0 Å². The Labute approximate surface area is 131 Å². The number of methoxy groups -OCH3 is 1. The number of aliphatic imine (C=N–C) groups is 1. The summed E-state index contributed by atoms with van der Waals surface area (Å²) in [6.07, 6.45) is 0. The van der Waals surface area contributed by atoms with Crippen molar-refractivity contribution in [1.29, 1.82) is 0 Å². The fraction of sp³-hybridized carbons (Fsp3) is 0.125. The quantitative estimate of drug-likeness (QED) is 0.869. The van der Waals surface area contributed by atoms with E-state index in [1.54, 1.807) is 36.3 Å². The zero-order valence-electron chi connectivity index (χ0n) is 11.8. The topological polar surface area (TPSA) is 41.9 Å². The Balaban J connectivity index is 1.92. The fourth-order valence-corrected chi connectivity index (χ4v) is 2.94. The van der Waals surface area contributed by atoms with Crippen LogP contribution in [0.25, 0.3) is 0 Å². The van der Waals surface area contributed by atoms with E-state index in [9.17, 15) is 9.18 Å². The van der Waals surface area contributed by atoms with Gasteiger partial charge in [0.25, 0.3) is 0 Å². The summed E-state index contributed by atoms with van der Waals surface area (Å²) in [6.45, 7) is 0. The van der Waals surface area contributed by atoms with Gasteiger partial charge in [-0.2, -0.15) is 0 Å². The Hall–Kier alpha value is -2.34. The molecule has 1 aliphatic heterocycles. The lowest BCUT2D eigenvalue weighted by atomic mass is 10.3. The van der Waals surface area contributed by atoms with Crippen molar-refractivity contribution in [3.05, 3.63) is 54.3 Å². The number of hydrogen-bond acceptors (Lipinski definition) is 4. The zero-order valence-corrected chi connectivity index (χ0v) is 12.6. The number of thioether (sulfide) groups is 1. The smallest absolute Gasteiger partial charge is 0.243 e. The maximum absolute atomic E-state index is 12.9. The number of carbonyl (C=O) groups excluding carboxylic acids is 1. The first-order valence-electron chi connectivity index (χ1n) is 6.61. The van der Waals surface area contributed by atoms with Gasteiger partial charge in [0.2, 0.25) is 5.91 Å². The molecule has 0 atom stereocenters. The molecule has 6 heteroatoms. The minimum atomic E-state index is -0.314. The average molecular weight is 316 g/mol. The van der Waals surface area contributed by atoms with E-state index in [4.69, 9.17) is 4.74 Å². The Morgan fingerprint density at radius 2 is 1.82 bits per heavy atom. The molecular formula is C16H13FN2O2S. The van der Waals surface area contributed by atoms with E-state index in [0.717, 1.165) is 11.4 Å². The number of benzene rings is 2. The maximum Gasteiger partial charge on any atom is 0.243 e. The molecule has 0 aromatic heterocycles. The molecule has 4 nitrogen and oxygen atoms in total. The minimum Gasteiger partial charge on any atom is -0.497 e. The summed E-state index contributed by atoms with van der Waals surface area (Å²) in [4.78, 5) is 18.1. The van der Waals surface area contributed by atoms with Crippen molar-refractivity contribution in [2.75, 3.05) is 17.8 Å². The third-order valence-electron chi connectivity index (χ3n) is 3.15. The molecule has 3 rings (SSSR count). The SMILES string of the molecule is COc1ccc(N2C(=O)CSC2=Nc2ccc(F)cc2)cc1. The molecule has 0 saturated carbocycles. The summed E-state index contributed by atoms with van der Waals surface area (Å²) >= 11 is 1.36. The molecule has 1 saturated heterocycles. The third-order valence-corrected chi connectivity index (χ3v) is 4.07. The van der Waals surface area contributed by atoms with E-state index in [-0.39, 0.29) is 11.7 Å². The number of amidine groups is 1. The van der Waals surface area contributed by atoms with E-state index in [0.29, 0.717) is 16.6 Å². The van der Waals surface area contributed by atoms with Crippen LogP contribution in [-0.2, 0) is 4.79 Å². The Kier molecular flexibility index (Phi) is 4.11. The van der Waals surface area contributed by atoms with Gasteiger partial charge in [-0.1, -0.05) is 11.8 Å². The molecule has 1 aliphatic rings. The summed E-state index contributed by atoms with van der Waals surface area (Å²) < 4.78 is 18.1. The summed E-state index contributed by atoms with van der Waals surface area (Å²) in [5, 5.41) is 0.585. The monoisotopic (exact) mass is 316 g/mol. The summed E-state index contributed by atoms with van der Waals surface area (Å²) in [7, 11) is 1.59. The van der Waals surface area contributed by atoms with Crippen molar-refractivity contribution in [3.63, 3.8) is 0 Å². The first-order chi connectivity index (χ1) is 10.7. The fourth-order valence-electron chi connectivity index (χ4n) is 2.06. The summed E-state index contributed by atoms with van der Waals surface area (Å²) in [5.74, 6) is 0.716. The molecule has 1 fully saturated rings. The second kappa shape index (κ2) is 6.19. The molecule has 1 amide bonds. The molecule has 0 radical (unpaired) electrons. The highest BCUT2D eigenvalue weighted by Crippen LogP contribution is 2.30. The number of anilines is 1. The van der Waals surface area contributed by atoms with Gasteiger partial charge in [-0.05, 0) is 48.5 Å². The largest absolute Gasteiger partial charge is 0.497 e. The Morgan fingerprint density at radius 1 is 1.14 bits per heavy atom. The van der Waals surface area contributed by atoms with Crippen LogP contribution in [0.5, 0.6) is 5.75 Å². The molecule has 0 N–H and O–H groups in total. The second-order valence-electron chi connectivity index (χ2n) is 4.59. The lowest BCUT2D eigenvalue weighted by molar-refractivity contribution is -0.115. The van der Waals surface area contributed by atoms with Crippen molar-refractivity contribution >= 4 is 34.2 Å². The predicted octanol–water partition coefficient (Wildman–Crippen LogP) is 3.60. The van der Waals surface area contributed by atoms with Crippen LogP contribution in [0.3, 0.4) is 0 Å². The van der Waals surface area contributed by atoms with E-state index >= 15 is 0 Å². The van der Waals surface area contributed by atoms with Crippen LogP contribution in [0.15, 0.2) is 53.5 Å². The molecule has 0 spiro atoms. The molecular weight excluding hydrogens is 303 g/mol. The average Bonchev–Trinajstić information content (AvgIpc) is 2.90. The maximum atomic E-state index is 12.9. The van der Waals surface area contributed by atoms with Gasteiger partial charge in [0.1, 0.15) is 11.6 Å². The first kappa shape index (κ1) is 14.6. The van der Waals surface area contributed by atoms with Crippen LogP contribution in [0.1, 0.15) is 0 Å². The predicted molar refractivity (Wildman–Crippen MR) is 86.4 cm³/mol. The highest BCUT2D eigenvalue weighted by atomic mass is 32.2. The minimum absolute atomic E-state index is 0.0315. The Bertz CT molecular complexity index is 714. The van der Waals surface area contributed by atoms with Gasteiger partial charge in [-0.25, -0.2) is 9.38 Å². The summed E-state index contributed by atoms with van der Waals surface area (Å²) in [6, 6.07) is 13.1. The normalized spacial score (nSPS) is 16.4. The van der Waals surface area contributed by atoms with E-state index in [1.165, 1.54) is 23.9 Å². The van der Waals surface area contributed by atoms with Crippen molar-refractivity contribution in [1.82, 2.24) is 0 Å². The van der Waals surface area contributed by atoms with Crippen LogP contribution in [0.2, 0.25) is 0 Å². The van der Waals surface area contributed by atoms with Crippen molar-refractivity contribution in [2.24, 2.45) is 4.99 Å². The third kappa shape index (κ3) is 2.96. The Morgan fingerprint density at radius 3 is 2.45 bits per heavy atom. The van der Waals surface area contributed by atoms with E-state index in [2.05, 4.69) is 4.99 Å². The van der Waals surface area contributed by atoms with Gasteiger partial charge in [0, 0.05) is 0 Å². The summed E-state index contributed by atoms with van der Waals surface area (Å²) in [5.41, 5.74) is 1.34. The van der Waals surface area contributed by atoms with Gasteiger partial charge in [-0.3, -0.25) is 9.69 Å². The number of ether oxygens (including phenoxy) is 1. The van der Waals surface area contributed by atoms with Crippen LogP contribution >= 0.6 is 11.8 Å². The lowest BCUT2D eigenvalue weighted by Crippen LogP contribution is -2.28. The second-order valence-corrected chi connectivity index (χ2v) is 5.53. The number of amides is 1. The van der Waals surface area contributed by atoms with Gasteiger partial charge in [0.05, 0.1) is 24.2 Å². The highest BCUT2D eigenvalue weighted by Gasteiger charge is 2.29. The molecule has 0 aliphatic carbocycles. The number of hydrogen-bond donors (Lipinski definition) is 0. The highest BCUT2D eigenvalue weighted by molar-refractivity contribution is 8.15. The number of carbonyl (C=O) groups is 1. The van der Waals surface area contributed by atoms with Crippen LogP contribution in [0.4, 0.5) is 15.8 Å². The van der Waals surface area contributed by atoms with Crippen LogP contribution in [-0.4, -0.2) is 23.9 Å². The van der Waals surface area contributed by atoms with E-state index in [1.807, 2.05) is 12.1 Å². The standard InChI is InChI=1S/C16H13FN2O2S/c1-21-14-8-6-13(7-9-14)19-15(20)10-22-16(19)18-12-4-2-11(17)3-5-12/h2-9H,10H2,1H3. The molecule has 2 aromatic rings. The van der Waals surface area contributed by atoms with Crippen molar-refractivity contribution < 1.29 is 13.9 Å². The number of rotatable bonds is 3. The van der Waals surface area contributed by atoms with Gasteiger partial charge in [-0.15, -0.1) is 0 Å². The number of halogens is 1. The van der Waals surface area contributed by atoms with E-state index < -0.39 is 0 Å². The molecule has 0 unspecified atom stereocenters. The number of nitrogens with zero attached hydrogens (tertiary/aromatic N) is 2. The van der Waals surface area contributed by atoms with Crippen molar-refractivity contribution in [2.45, 2.75) is 0 Å². The molecule has 2 aromatic carbocycles. The van der Waals surface area contributed by atoms with Crippen molar-refractivity contribution in [3.8, 4) is 5.75 Å². The molecule has 22 heavy (non-hydrogen) atoms. The molecule has 0 bridgehead atoms. The first-order valence-corrected chi connectivity index (χ1v) is 7.60. The van der Waals surface area contributed by atoms with Gasteiger partial charge < -0.3 is 4.74 Å². The van der Waals surface area contributed by atoms with Crippen LogP contribution < -0.4 is 9.64 Å². The zero-order chi connectivity index (χ0) is 15.5. The molecule has 112 valence electrons. The lowest BCUT2D eigenvalue weighted by Gasteiger charge is -2.16. The van der Waals surface area contributed by atoms with Crippen LogP contribution in [0, 0.1) is 5.82 Å².